The highest BCUT2D eigenvalue weighted by molar-refractivity contribution is 7.09. The van der Waals surface area contributed by atoms with Gasteiger partial charge in [-0.15, -0.1) is 11.3 Å². The Bertz CT molecular complexity index is 1030. The second-order valence-corrected chi connectivity index (χ2v) is 7.28. The second kappa shape index (κ2) is 8.94. The van der Waals surface area contributed by atoms with Crippen molar-refractivity contribution in [1.29, 1.82) is 0 Å². The molecule has 30 heavy (non-hydrogen) atoms. The van der Waals surface area contributed by atoms with E-state index < -0.39 is 29.5 Å². The van der Waals surface area contributed by atoms with Gasteiger partial charge < -0.3 is 21.1 Å². The molecule has 5 N–H and O–H groups in total. The van der Waals surface area contributed by atoms with Crippen molar-refractivity contribution in [2.75, 3.05) is 13.2 Å². The molecule has 2 aromatic heterocycles. The highest BCUT2D eigenvalue weighted by Crippen LogP contribution is 2.32. The van der Waals surface area contributed by atoms with Crippen molar-refractivity contribution in [3.63, 3.8) is 0 Å². The van der Waals surface area contributed by atoms with Crippen LogP contribution in [-0.2, 0) is 12.6 Å². The molecule has 1 aromatic carbocycles. The smallest absolute Gasteiger partial charge is 0.396 e. The molecule has 0 radical (unpaired) electrons. The molecule has 0 aliphatic rings. The van der Waals surface area contributed by atoms with Crippen LogP contribution in [0.15, 0.2) is 35.7 Å². The number of rotatable bonds is 7. The summed E-state index contributed by atoms with van der Waals surface area (Å²) < 4.78 is 52.3. The Morgan fingerprint density at radius 1 is 1.30 bits per heavy atom. The van der Waals surface area contributed by atoms with Gasteiger partial charge in [-0.1, -0.05) is 0 Å². The van der Waals surface area contributed by atoms with Crippen LogP contribution in [0.5, 0.6) is 0 Å². The Hall–Kier alpha value is -2.76. The van der Waals surface area contributed by atoms with Gasteiger partial charge in [-0.05, 0) is 30.3 Å². The van der Waals surface area contributed by atoms with E-state index in [1.165, 1.54) is 23.5 Å². The number of aliphatic hydroxyl groups is 1. The van der Waals surface area contributed by atoms with E-state index in [1.807, 2.05) is 0 Å². The van der Waals surface area contributed by atoms with Crippen molar-refractivity contribution in [2.45, 2.75) is 18.6 Å². The number of thiazole rings is 1. The number of aliphatic hydroxyl groups excluding tert-OH is 1. The van der Waals surface area contributed by atoms with Gasteiger partial charge in [0.05, 0.1) is 17.3 Å². The third-order valence-electron chi connectivity index (χ3n) is 4.29. The molecule has 2 heterocycles. The second-order valence-electron chi connectivity index (χ2n) is 6.39. The number of hydrogen-bond acceptors (Lipinski definition) is 5. The van der Waals surface area contributed by atoms with Gasteiger partial charge in [0, 0.05) is 36.2 Å². The van der Waals surface area contributed by atoms with Crippen LogP contribution < -0.4 is 11.1 Å². The van der Waals surface area contributed by atoms with Crippen molar-refractivity contribution in [1.82, 2.24) is 15.3 Å². The SMILES string of the molecule is NC[C@H](NC(=O)c1ccc(-c2ccc(C(F)(F)F)cc2F)[nH]1)c1nc(CCO)cs1. The summed E-state index contributed by atoms with van der Waals surface area (Å²) in [7, 11) is 0. The number of hydrogen-bond donors (Lipinski definition) is 4. The number of H-pyrrole nitrogens is 1. The van der Waals surface area contributed by atoms with Gasteiger partial charge in [0.25, 0.3) is 5.91 Å². The first-order chi connectivity index (χ1) is 14.2. The van der Waals surface area contributed by atoms with E-state index >= 15 is 0 Å². The minimum Gasteiger partial charge on any atom is -0.396 e. The summed E-state index contributed by atoms with van der Waals surface area (Å²) >= 11 is 1.30. The summed E-state index contributed by atoms with van der Waals surface area (Å²) in [6.45, 7) is 0.0352. The first-order valence-electron chi connectivity index (χ1n) is 8.85. The Morgan fingerprint density at radius 3 is 2.70 bits per heavy atom. The zero-order valence-electron chi connectivity index (χ0n) is 15.5. The lowest BCUT2D eigenvalue weighted by atomic mass is 10.1. The van der Waals surface area contributed by atoms with Crippen LogP contribution >= 0.6 is 11.3 Å². The molecular formula is C19H18F4N4O2S. The molecule has 3 aromatic rings. The summed E-state index contributed by atoms with van der Waals surface area (Å²) in [4.78, 5) is 19.6. The maximum Gasteiger partial charge on any atom is 0.416 e. The lowest BCUT2D eigenvalue weighted by Gasteiger charge is -2.13. The van der Waals surface area contributed by atoms with E-state index in [2.05, 4.69) is 15.3 Å². The molecular weight excluding hydrogens is 424 g/mol. The normalized spacial score (nSPS) is 12.7. The average Bonchev–Trinajstić information content (AvgIpc) is 3.35. The summed E-state index contributed by atoms with van der Waals surface area (Å²) in [5, 5.41) is 14.0. The highest BCUT2D eigenvalue weighted by atomic mass is 32.1. The van der Waals surface area contributed by atoms with Gasteiger partial charge in [-0.25, -0.2) is 9.37 Å². The number of alkyl halides is 3. The molecule has 0 bridgehead atoms. The first kappa shape index (κ1) is 21.9. The topological polar surface area (TPSA) is 104 Å². The largest absolute Gasteiger partial charge is 0.416 e. The maximum atomic E-state index is 14.2. The van der Waals surface area contributed by atoms with E-state index in [-0.39, 0.29) is 30.1 Å². The predicted octanol–water partition coefficient (Wildman–Crippen LogP) is 3.26. The fraction of sp³-hybridized carbons (Fsp3) is 0.263. The zero-order valence-corrected chi connectivity index (χ0v) is 16.3. The Balaban J connectivity index is 1.75. The van der Waals surface area contributed by atoms with E-state index in [0.29, 0.717) is 23.2 Å². The van der Waals surface area contributed by atoms with Crippen molar-refractivity contribution >= 4 is 17.2 Å². The minimum atomic E-state index is -4.65. The third kappa shape index (κ3) is 4.86. The zero-order chi connectivity index (χ0) is 21.9. The standard InChI is InChI=1S/C19H18F4N4O2S/c20-13-7-10(19(21,22)23)1-2-12(13)14-3-4-15(26-14)17(29)27-16(8-24)18-25-11(5-6-28)9-30-18/h1-4,7,9,16,26,28H,5-6,8,24H2,(H,27,29)/t16-/m0/s1. The van der Waals surface area contributed by atoms with E-state index in [1.54, 1.807) is 5.38 Å². The Kier molecular flexibility index (Phi) is 6.54. The van der Waals surface area contributed by atoms with E-state index in [9.17, 15) is 22.4 Å². The number of halogens is 4. The minimum absolute atomic E-state index is 0.0470. The fourth-order valence-electron chi connectivity index (χ4n) is 2.76. The van der Waals surface area contributed by atoms with Crippen molar-refractivity contribution in [3.05, 3.63) is 63.5 Å². The van der Waals surface area contributed by atoms with Gasteiger partial charge in [0.15, 0.2) is 0 Å². The Labute approximate surface area is 172 Å². The van der Waals surface area contributed by atoms with Crippen molar-refractivity contribution in [2.24, 2.45) is 5.73 Å². The highest BCUT2D eigenvalue weighted by Gasteiger charge is 2.31. The number of nitrogens with one attached hydrogen (secondary N) is 2. The molecule has 1 atom stereocenters. The molecule has 6 nitrogen and oxygen atoms in total. The lowest BCUT2D eigenvalue weighted by molar-refractivity contribution is -0.137. The number of aromatic amines is 1. The molecule has 0 aliphatic heterocycles. The number of nitrogens with two attached hydrogens (primary N) is 1. The summed E-state index contributed by atoms with van der Waals surface area (Å²) in [5.41, 5.74) is 5.48. The van der Waals surface area contributed by atoms with Crippen LogP contribution in [0.2, 0.25) is 0 Å². The predicted molar refractivity (Wildman–Crippen MR) is 103 cm³/mol. The number of carbonyl (C=O) groups is 1. The summed E-state index contributed by atoms with van der Waals surface area (Å²) in [6.07, 6.45) is -4.26. The van der Waals surface area contributed by atoms with Crippen LogP contribution in [0.1, 0.15) is 32.8 Å². The monoisotopic (exact) mass is 442 g/mol. The van der Waals surface area contributed by atoms with Gasteiger partial charge in [0.2, 0.25) is 0 Å². The lowest BCUT2D eigenvalue weighted by Crippen LogP contribution is -2.33. The molecule has 0 spiro atoms. The van der Waals surface area contributed by atoms with Gasteiger partial charge in [0.1, 0.15) is 16.5 Å². The van der Waals surface area contributed by atoms with Crippen molar-refractivity contribution in [3.8, 4) is 11.3 Å². The van der Waals surface area contributed by atoms with E-state index in [4.69, 9.17) is 10.8 Å². The molecule has 11 heteroatoms. The molecule has 0 aliphatic carbocycles. The summed E-state index contributed by atoms with van der Waals surface area (Å²) in [5.74, 6) is -1.58. The number of benzene rings is 1. The van der Waals surface area contributed by atoms with Gasteiger partial charge >= 0.3 is 6.18 Å². The molecule has 0 unspecified atom stereocenters. The van der Waals surface area contributed by atoms with Crippen LogP contribution in [0.4, 0.5) is 17.6 Å². The number of carbonyl (C=O) groups excluding carboxylic acids is 1. The van der Waals surface area contributed by atoms with Crippen LogP contribution in [0, 0.1) is 5.82 Å². The molecule has 0 saturated heterocycles. The first-order valence-corrected chi connectivity index (χ1v) is 9.73. The molecule has 0 fully saturated rings. The van der Waals surface area contributed by atoms with Crippen LogP contribution in [0.25, 0.3) is 11.3 Å². The number of aromatic nitrogens is 2. The van der Waals surface area contributed by atoms with Gasteiger partial charge in [-0.3, -0.25) is 4.79 Å². The van der Waals surface area contributed by atoms with Crippen molar-refractivity contribution < 1.29 is 27.5 Å². The van der Waals surface area contributed by atoms with Gasteiger partial charge in [-0.2, -0.15) is 13.2 Å². The molecule has 3 rings (SSSR count). The number of amides is 1. The van der Waals surface area contributed by atoms with Crippen LogP contribution in [-0.4, -0.2) is 34.1 Å². The maximum absolute atomic E-state index is 14.2. The Morgan fingerprint density at radius 2 is 2.07 bits per heavy atom. The fourth-order valence-corrected chi connectivity index (χ4v) is 3.68. The van der Waals surface area contributed by atoms with E-state index in [0.717, 1.165) is 12.1 Å². The summed E-state index contributed by atoms with van der Waals surface area (Å²) in [6, 6.07) is 4.43. The quantitative estimate of drug-likeness (QED) is 0.422. The van der Waals surface area contributed by atoms with Crippen LogP contribution in [0.3, 0.4) is 0 Å². The third-order valence-corrected chi connectivity index (χ3v) is 5.30. The molecule has 1 amide bonds. The number of nitrogens with zero attached hydrogens (tertiary/aromatic N) is 1. The average molecular weight is 442 g/mol. The molecule has 160 valence electrons. The molecule has 0 saturated carbocycles.